The predicted octanol–water partition coefficient (Wildman–Crippen LogP) is 2.50. The molecule has 0 unspecified atom stereocenters. The van der Waals surface area contributed by atoms with Crippen LogP contribution in [0.15, 0.2) is 24.3 Å². The Morgan fingerprint density at radius 2 is 1.91 bits per heavy atom. The van der Waals surface area contributed by atoms with Crippen molar-refractivity contribution in [2.45, 2.75) is 6.92 Å². The Morgan fingerprint density at radius 3 is 2.50 bits per heavy atom. The van der Waals surface area contributed by atoms with Crippen molar-refractivity contribution in [3.63, 3.8) is 0 Å². The highest BCUT2D eigenvalue weighted by Crippen LogP contribution is 2.28. The Morgan fingerprint density at radius 1 is 1.27 bits per heavy atom. The van der Waals surface area contributed by atoms with Crippen LogP contribution in [0.4, 0.5) is 4.39 Å². The zero-order valence-corrected chi connectivity index (χ0v) is 13.2. The first-order valence-electron chi connectivity index (χ1n) is 6.49. The van der Waals surface area contributed by atoms with Crippen LogP contribution in [0.5, 0.6) is 0 Å². The second kappa shape index (κ2) is 6.65. The molecule has 0 saturated carbocycles. The Kier molecular flexibility index (Phi) is 4.87. The number of carbonyl (C=O) groups is 2. The highest BCUT2D eigenvalue weighted by molar-refractivity contribution is 7.17. The third kappa shape index (κ3) is 3.67. The Labute approximate surface area is 131 Å². The first-order chi connectivity index (χ1) is 10.4. The fourth-order valence-electron chi connectivity index (χ4n) is 1.62. The molecule has 5 nitrogen and oxygen atoms in total. The van der Waals surface area contributed by atoms with E-state index in [9.17, 15) is 14.0 Å². The molecular weight excluding hydrogens is 307 g/mol. The van der Waals surface area contributed by atoms with Crippen molar-refractivity contribution in [2.75, 3.05) is 20.7 Å². The van der Waals surface area contributed by atoms with Crippen molar-refractivity contribution in [1.29, 1.82) is 0 Å². The lowest BCUT2D eigenvalue weighted by Crippen LogP contribution is -2.27. The molecule has 0 N–H and O–H groups in total. The quantitative estimate of drug-likeness (QED) is 0.812. The van der Waals surface area contributed by atoms with Crippen molar-refractivity contribution < 1.29 is 18.7 Å². The van der Waals surface area contributed by atoms with Crippen LogP contribution in [-0.4, -0.2) is 42.5 Å². The molecule has 0 saturated heterocycles. The summed E-state index contributed by atoms with van der Waals surface area (Å²) in [5.41, 5.74) is 1.24. The SMILES string of the molecule is Cc1nc(-c2ccc(F)cc2)sc1C(=O)OCC(=O)N(C)C. The van der Waals surface area contributed by atoms with Gasteiger partial charge in [0, 0.05) is 19.7 Å². The van der Waals surface area contributed by atoms with E-state index < -0.39 is 5.97 Å². The Bertz CT molecular complexity index is 695. The average molecular weight is 322 g/mol. The highest BCUT2D eigenvalue weighted by atomic mass is 32.1. The van der Waals surface area contributed by atoms with Gasteiger partial charge in [-0.15, -0.1) is 11.3 Å². The van der Waals surface area contributed by atoms with E-state index in [1.807, 2.05) is 0 Å². The first kappa shape index (κ1) is 16.1. The first-order valence-corrected chi connectivity index (χ1v) is 7.30. The molecule has 1 heterocycles. The number of aryl methyl sites for hydroxylation is 1. The van der Waals surface area contributed by atoms with E-state index in [0.29, 0.717) is 15.6 Å². The monoisotopic (exact) mass is 322 g/mol. The topological polar surface area (TPSA) is 59.5 Å². The molecular formula is C15H15FN2O3S. The van der Waals surface area contributed by atoms with Crippen molar-refractivity contribution in [3.05, 3.63) is 40.7 Å². The van der Waals surface area contributed by atoms with Crippen LogP contribution in [0.25, 0.3) is 10.6 Å². The van der Waals surface area contributed by atoms with E-state index >= 15 is 0 Å². The van der Waals surface area contributed by atoms with Gasteiger partial charge in [-0.05, 0) is 31.2 Å². The molecule has 0 bridgehead atoms. The van der Waals surface area contributed by atoms with Gasteiger partial charge in [0.25, 0.3) is 5.91 Å². The van der Waals surface area contributed by atoms with E-state index in [1.165, 1.54) is 17.0 Å². The Hall–Kier alpha value is -2.28. The summed E-state index contributed by atoms with van der Waals surface area (Å²) < 4.78 is 17.9. The summed E-state index contributed by atoms with van der Waals surface area (Å²) in [5.74, 6) is -1.22. The number of halogens is 1. The van der Waals surface area contributed by atoms with Gasteiger partial charge >= 0.3 is 5.97 Å². The molecule has 0 aliphatic rings. The number of rotatable bonds is 4. The van der Waals surface area contributed by atoms with Crippen molar-refractivity contribution in [1.82, 2.24) is 9.88 Å². The molecule has 1 aromatic carbocycles. The molecule has 7 heteroatoms. The number of nitrogens with zero attached hydrogens (tertiary/aromatic N) is 2. The van der Waals surface area contributed by atoms with Crippen LogP contribution in [0.3, 0.4) is 0 Å². The number of likely N-dealkylation sites (N-methyl/N-ethyl adjacent to an activating group) is 1. The van der Waals surface area contributed by atoms with Gasteiger partial charge in [-0.2, -0.15) is 0 Å². The minimum Gasteiger partial charge on any atom is -0.451 e. The van der Waals surface area contributed by atoms with E-state index in [4.69, 9.17) is 4.74 Å². The lowest BCUT2D eigenvalue weighted by atomic mass is 10.2. The fraction of sp³-hybridized carbons (Fsp3) is 0.267. The van der Waals surface area contributed by atoms with Crippen molar-refractivity contribution >= 4 is 23.2 Å². The highest BCUT2D eigenvalue weighted by Gasteiger charge is 2.19. The number of hydrogen-bond acceptors (Lipinski definition) is 5. The smallest absolute Gasteiger partial charge is 0.350 e. The number of thiazole rings is 1. The zero-order valence-electron chi connectivity index (χ0n) is 12.4. The van der Waals surface area contributed by atoms with Crippen molar-refractivity contribution in [3.8, 4) is 10.6 Å². The van der Waals surface area contributed by atoms with Gasteiger partial charge in [0.2, 0.25) is 0 Å². The van der Waals surface area contributed by atoms with Gasteiger partial charge in [-0.25, -0.2) is 14.2 Å². The summed E-state index contributed by atoms with van der Waals surface area (Å²) in [6.45, 7) is 1.38. The lowest BCUT2D eigenvalue weighted by molar-refractivity contribution is -0.131. The molecule has 1 aromatic heterocycles. The molecule has 2 aromatic rings. The van der Waals surface area contributed by atoms with Crippen molar-refractivity contribution in [2.24, 2.45) is 0 Å². The second-order valence-corrected chi connectivity index (χ2v) is 5.80. The van der Waals surface area contributed by atoms with E-state index in [2.05, 4.69) is 4.98 Å². The molecule has 1 amide bonds. The predicted molar refractivity (Wildman–Crippen MR) is 81.2 cm³/mol. The average Bonchev–Trinajstić information content (AvgIpc) is 2.87. The number of esters is 1. The molecule has 0 spiro atoms. The Balaban J connectivity index is 2.14. The maximum absolute atomic E-state index is 12.9. The molecule has 2 rings (SSSR count). The van der Waals surface area contributed by atoms with Crippen LogP contribution >= 0.6 is 11.3 Å². The van der Waals surface area contributed by atoms with Gasteiger partial charge in [0.1, 0.15) is 15.7 Å². The third-order valence-electron chi connectivity index (χ3n) is 2.90. The van der Waals surface area contributed by atoms with Gasteiger partial charge < -0.3 is 9.64 Å². The summed E-state index contributed by atoms with van der Waals surface area (Å²) in [6, 6.07) is 5.86. The molecule has 22 heavy (non-hydrogen) atoms. The number of carbonyl (C=O) groups excluding carboxylic acids is 2. The number of benzene rings is 1. The molecule has 0 atom stereocenters. The molecule has 0 radical (unpaired) electrons. The lowest BCUT2D eigenvalue weighted by Gasteiger charge is -2.09. The van der Waals surface area contributed by atoms with E-state index in [1.54, 1.807) is 33.2 Å². The van der Waals surface area contributed by atoms with Crippen LogP contribution in [0.2, 0.25) is 0 Å². The maximum Gasteiger partial charge on any atom is 0.350 e. The third-order valence-corrected chi connectivity index (χ3v) is 4.09. The van der Waals surface area contributed by atoms with Gasteiger partial charge in [0.15, 0.2) is 6.61 Å². The van der Waals surface area contributed by atoms with Gasteiger partial charge in [0.05, 0.1) is 5.69 Å². The maximum atomic E-state index is 12.9. The molecule has 0 fully saturated rings. The van der Waals surface area contributed by atoms with Crippen LogP contribution in [0, 0.1) is 12.7 Å². The summed E-state index contributed by atoms with van der Waals surface area (Å²) in [4.78, 5) is 29.4. The zero-order chi connectivity index (χ0) is 16.3. The van der Waals surface area contributed by atoms with Crippen LogP contribution in [0.1, 0.15) is 15.4 Å². The largest absolute Gasteiger partial charge is 0.451 e. The van der Waals surface area contributed by atoms with E-state index in [0.717, 1.165) is 16.9 Å². The van der Waals surface area contributed by atoms with Crippen LogP contribution < -0.4 is 0 Å². The number of aromatic nitrogens is 1. The molecule has 116 valence electrons. The van der Waals surface area contributed by atoms with Gasteiger partial charge in [-0.3, -0.25) is 4.79 Å². The van der Waals surface area contributed by atoms with Crippen LogP contribution in [-0.2, 0) is 9.53 Å². The summed E-state index contributed by atoms with van der Waals surface area (Å²) in [6.07, 6.45) is 0. The number of ether oxygens (including phenoxy) is 1. The van der Waals surface area contributed by atoms with E-state index in [-0.39, 0.29) is 18.3 Å². The molecule has 0 aliphatic heterocycles. The number of hydrogen-bond donors (Lipinski definition) is 0. The fourth-order valence-corrected chi connectivity index (χ4v) is 2.59. The standard InChI is InChI=1S/C15H15FN2O3S/c1-9-13(15(20)21-8-12(19)18(2)3)22-14(17-9)10-4-6-11(16)7-5-10/h4-7H,8H2,1-3H3. The summed E-state index contributed by atoms with van der Waals surface area (Å²) >= 11 is 1.15. The minimum atomic E-state index is -0.585. The molecule has 0 aliphatic carbocycles. The normalized spacial score (nSPS) is 10.4. The summed E-state index contributed by atoms with van der Waals surface area (Å²) in [7, 11) is 3.17. The number of amides is 1. The minimum absolute atomic E-state index is 0.297. The second-order valence-electron chi connectivity index (χ2n) is 4.80. The summed E-state index contributed by atoms with van der Waals surface area (Å²) in [5, 5.41) is 0.600. The van der Waals surface area contributed by atoms with Gasteiger partial charge in [-0.1, -0.05) is 0 Å².